The maximum atomic E-state index is 12.9. The van der Waals surface area contributed by atoms with Crippen molar-refractivity contribution in [3.63, 3.8) is 0 Å². The van der Waals surface area contributed by atoms with E-state index in [4.69, 9.17) is 4.74 Å². The highest BCUT2D eigenvalue weighted by molar-refractivity contribution is 5.76. The molecule has 35 heavy (non-hydrogen) atoms. The van der Waals surface area contributed by atoms with Gasteiger partial charge in [0.1, 0.15) is 5.75 Å². The van der Waals surface area contributed by atoms with Gasteiger partial charge in [0.2, 0.25) is 11.8 Å². The molecule has 3 heterocycles. The summed E-state index contributed by atoms with van der Waals surface area (Å²) < 4.78 is 5.80. The van der Waals surface area contributed by atoms with Crippen molar-refractivity contribution in [2.24, 2.45) is 5.92 Å². The van der Waals surface area contributed by atoms with E-state index in [1.807, 2.05) is 30.3 Å². The predicted molar refractivity (Wildman–Crippen MR) is 139 cm³/mol. The highest BCUT2D eigenvalue weighted by Gasteiger charge is 2.26. The Kier molecular flexibility index (Phi) is 7.59. The highest BCUT2D eigenvalue weighted by atomic mass is 16.5. The van der Waals surface area contributed by atoms with Crippen molar-refractivity contribution >= 4 is 11.6 Å². The number of anilines is 1. The van der Waals surface area contributed by atoms with E-state index in [1.54, 1.807) is 6.20 Å². The molecule has 2 aliphatic rings. The molecule has 2 saturated heterocycles. The van der Waals surface area contributed by atoms with E-state index < -0.39 is 0 Å². The molecular weight excluding hydrogens is 436 g/mol. The minimum atomic E-state index is 0.332. The Hall–Kier alpha value is -3.38. The molecule has 3 aromatic rings. The first kappa shape index (κ1) is 23.4. The zero-order valence-corrected chi connectivity index (χ0v) is 20.3. The van der Waals surface area contributed by atoms with Gasteiger partial charge in [0.25, 0.3) is 0 Å². The van der Waals surface area contributed by atoms with E-state index in [-0.39, 0.29) is 0 Å². The van der Waals surface area contributed by atoms with Gasteiger partial charge in [0.05, 0.1) is 0 Å². The fraction of sp³-hybridized carbons (Fsp3) is 0.379. The summed E-state index contributed by atoms with van der Waals surface area (Å²) in [5, 5.41) is 0. The molecular formula is C29H34N4O2. The van der Waals surface area contributed by atoms with E-state index in [9.17, 15) is 4.79 Å². The Morgan fingerprint density at radius 1 is 0.829 bits per heavy atom. The Labute approximate surface area is 208 Å². The number of amides is 1. The van der Waals surface area contributed by atoms with E-state index in [0.717, 1.165) is 64.4 Å². The molecule has 1 aromatic heterocycles. The first-order chi connectivity index (χ1) is 17.2. The summed E-state index contributed by atoms with van der Waals surface area (Å²) in [5.74, 6) is 2.20. The summed E-state index contributed by atoms with van der Waals surface area (Å²) in [5.41, 5.74) is 2.55. The molecule has 2 aliphatic heterocycles. The lowest BCUT2D eigenvalue weighted by atomic mass is 9.92. The van der Waals surface area contributed by atoms with Crippen molar-refractivity contribution < 1.29 is 9.53 Å². The first-order valence-electron chi connectivity index (χ1n) is 12.7. The third kappa shape index (κ3) is 6.40. The Morgan fingerprint density at radius 2 is 1.54 bits per heavy atom. The van der Waals surface area contributed by atoms with E-state index in [0.29, 0.717) is 24.1 Å². The van der Waals surface area contributed by atoms with Crippen molar-refractivity contribution in [2.75, 3.05) is 44.2 Å². The van der Waals surface area contributed by atoms with Crippen LogP contribution in [-0.2, 0) is 11.3 Å². The summed E-state index contributed by atoms with van der Waals surface area (Å²) in [6.07, 6.45) is 4.53. The standard InChI is InChI=1S/C29H34N4O2/c34-29(33-20-18-31(19-21-33)23-25-6-2-1-3-7-25)22-24-13-16-32(17-14-24)26-9-11-27(12-10-26)35-28-8-4-5-15-30-28/h1-12,15,24H,13-14,16-23H2. The molecule has 1 amide bonds. The second kappa shape index (κ2) is 11.4. The van der Waals surface area contributed by atoms with Crippen LogP contribution >= 0.6 is 0 Å². The van der Waals surface area contributed by atoms with Gasteiger partial charge in [-0.25, -0.2) is 4.98 Å². The fourth-order valence-corrected chi connectivity index (χ4v) is 5.02. The van der Waals surface area contributed by atoms with Crippen LogP contribution in [0.5, 0.6) is 11.6 Å². The van der Waals surface area contributed by atoms with Crippen LogP contribution in [0.3, 0.4) is 0 Å². The number of carbonyl (C=O) groups excluding carboxylic acids is 1. The molecule has 0 bridgehead atoms. The molecule has 0 radical (unpaired) electrons. The van der Waals surface area contributed by atoms with Crippen LogP contribution in [0.15, 0.2) is 79.0 Å². The summed E-state index contributed by atoms with van der Waals surface area (Å²) >= 11 is 0. The third-order valence-corrected chi connectivity index (χ3v) is 7.11. The SMILES string of the molecule is O=C(CC1CCN(c2ccc(Oc3ccccn3)cc2)CC1)N1CCN(Cc2ccccc2)CC1. The van der Waals surface area contributed by atoms with Crippen LogP contribution in [0.2, 0.25) is 0 Å². The summed E-state index contributed by atoms with van der Waals surface area (Å²) in [4.78, 5) is 24.1. The maximum absolute atomic E-state index is 12.9. The van der Waals surface area contributed by atoms with Gasteiger partial charge in [-0.3, -0.25) is 9.69 Å². The molecule has 0 atom stereocenters. The normalized spacial score (nSPS) is 17.4. The number of ether oxygens (including phenoxy) is 1. The van der Waals surface area contributed by atoms with Crippen LogP contribution in [0.25, 0.3) is 0 Å². The van der Waals surface area contributed by atoms with Gasteiger partial charge in [-0.05, 0) is 54.7 Å². The fourth-order valence-electron chi connectivity index (χ4n) is 5.02. The Bertz CT molecular complexity index is 1060. The minimum absolute atomic E-state index is 0.332. The van der Waals surface area contributed by atoms with Gasteiger partial charge in [0.15, 0.2) is 0 Å². The molecule has 0 aliphatic carbocycles. The number of hydrogen-bond acceptors (Lipinski definition) is 5. The molecule has 0 saturated carbocycles. The number of hydrogen-bond donors (Lipinski definition) is 0. The van der Waals surface area contributed by atoms with Crippen LogP contribution < -0.4 is 9.64 Å². The molecule has 0 unspecified atom stereocenters. The number of piperazine rings is 1. The van der Waals surface area contributed by atoms with Crippen LogP contribution in [0.4, 0.5) is 5.69 Å². The number of aromatic nitrogens is 1. The highest BCUT2D eigenvalue weighted by Crippen LogP contribution is 2.28. The van der Waals surface area contributed by atoms with Crippen LogP contribution in [-0.4, -0.2) is 60.0 Å². The number of benzene rings is 2. The molecule has 0 spiro atoms. The zero-order valence-electron chi connectivity index (χ0n) is 20.3. The van der Waals surface area contributed by atoms with Crippen molar-refractivity contribution in [1.82, 2.24) is 14.8 Å². The van der Waals surface area contributed by atoms with Gasteiger partial charge >= 0.3 is 0 Å². The molecule has 6 nitrogen and oxygen atoms in total. The summed E-state index contributed by atoms with van der Waals surface area (Å²) in [7, 11) is 0. The number of nitrogens with zero attached hydrogens (tertiary/aromatic N) is 4. The van der Waals surface area contributed by atoms with Gasteiger partial charge in [-0.2, -0.15) is 0 Å². The average Bonchev–Trinajstić information content (AvgIpc) is 2.91. The zero-order chi connectivity index (χ0) is 23.9. The lowest BCUT2D eigenvalue weighted by molar-refractivity contribution is -0.134. The number of carbonyl (C=O) groups is 1. The van der Waals surface area contributed by atoms with Crippen LogP contribution in [0, 0.1) is 5.92 Å². The quantitative estimate of drug-likeness (QED) is 0.495. The minimum Gasteiger partial charge on any atom is -0.439 e. The van der Waals surface area contributed by atoms with E-state index in [1.165, 1.54) is 11.3 Å². The second-order valence-corrected chi connectivity index (χ2v) is 9.54. The van der Waals surface area contributed by atoms with Crippen molar-refractivity contribution in [3.8, 4) is 11.6 Å². The predicted octanol–water partition coefficient (Wildman–Crippen LogP) is 4.82. The molecule has 2 fully saturated rings. The monoisotopic (exact) mass is 470 g/mol. The topological polar surface area (TPSA) is 48.9 Å². The third-order valence-electron chi connectivity index (χ3n) is 7.11. The Morgan fingerprint density at radius 3 is 2.23 bits per heavy atom. The smallest absolute Gasteiger partial charge is 0.222 e. The average molecular weight is 471 g/mol. The lowest BCUT2D eigenvalue weighted by Gasteiger charge is -2.37. The first-order valence-corrected chi connectivity index (χ1v) is 12.7. The van der Waals surface area contributed by atoms with E-state index in [2.05, 4.69) is 62.1 Å². The van der Waals surface area contributed by atoms with E-state index >= 15 is 0 Å². The Balaban J connectivity index is 1.04. The number of pyridine rings is 1. The summed E-state index contributed by atoms with van der Waals surface area (Å²) in [6.45, 7) is 6.55. The number of piperidine rings is 1. The summed E-state index contributed by atoms with van der Waals surface area (Å²) in [6, 6.07) is 24.4. The van der Waals surface area contributed by atoms with Crippen molar-refractivity contribution in [3.05, 3.63) is 84.6 Å². The van der Waals surface area contributed by atoms with Crippen molar-refractivity contribution in [1.29, 1.82) is 0 Å². The van der Waals surface area contributed by atoms with Gasteiger partial charge < -0.3 is 14.5 Å². The molecule has 6 heteroatoms. The lowest BCUT2D eigenvalue weighted by Crippen LogP contribution is -2.48. The molecule has 5 rings (SSSR count). The van der Waals surface area contributed by atoms with Gasteiger partial charge in [-0.1, -0.05) is 36.4 Å². The molecule has 182 valence electrons. The maximum Gasteiger partial charge on any atom is 0.222 e. The van der Waals surface area contributed by atoms with Gasteiger partial charge in [-0.15, -0.1) is 0 Å². The molecule has 2 aromatic carbocycles. The second-order valence-electron chi connectivity index (χ2n) is 9.54. The molecule has 0 N–H and O–H groups in total. The van der Waals surface area contributed by atoms with Crippen molar-refractivity contribution in [2.45, 2.75) is 25.8 Å². The largest absolute Gasteiger partial charge is 0.439 e. The number of rotatable bonds is 7. The van der Waals surface area contributed by atoms with Gasteiger partial charge in [0, 0.05) is 70.2 Å². The van der Waals surface area contributed by atoms with Crippen LogP contribution in [0.1, 0.15) is 24.8 Å².